The maximum absolute atomic E-state index is 11.0. The Kier molecular flexibility index (Phi) is 4.35. The van der Waals surface area contributed by atoms with Gasteiger partial charge in [-0.25, -0.2) is 0 Å². The summed E-state index contributed by atoms with van der Waals surface area (Å²) in [5, 5.41) is 0. The zero-order valence-corrected chi connectivity index (χ0v) is 10.8. The van der Waals surface area contributed by atoms with Gasteiger partial charge in [-0.15, -0.1) is 0 Å². The standard InChI is InChI=1S/C16H19NO/c1-2-3-4-5-14-6-8-15(9-7-14)17-12-10-16(18)11-13-17/h6-13H,2-5H2,1H3. The van der Waals surface area contributed by atoms with E-state index in [1.165, 1.54) is 24.8 Å². The minimum Gasteiger partial charge on any atom is -0.324 e. The molecule has 0 saturated heterocycles. The van der Waals surface area contributed by atoms with E-state index in [4.69, 9.17) is 0 Å². The number of rotatable bonds is 5. The van der Waals surface area contributed by atoms with E-state index in [-0.39, 0.29) is 5.43 Å². The molecule has 1 aromatic carbocycles. The van der Waals surface area contributed by atoms with Crippen LogP contribution in [0.1, 0.15) is 31.7 Å². The second-order valence-corrected chi connectivity index (χ2v) is 4.56. The van der Waals surface area contributed by atoms with Crippen molar-refractivity contribution in [2.24, 2.45) is 0 Å². The Labute approximate surface area is 108 Å². The quantitative estimate of drug-likeness (QED) is 0.733. The molecule has 1 heterocycles. The second kappa shape index (κ2) is 6.20. The van der Waals surface area contributed by atoms with Gasteiger partial charge >= 0.3 is 0 Å². The van der Waals surface area contributed by atoms with Crippen LogP contribution in [0.2, 0.25) is 0 Å². The summed E-state index contributed by atoms with van der Waals surface area (Å²) in [5.74, 6) is 0. The molecule has 0 bridgehead atoms. The Balaban J connectivity index is 2.07. The normalized spacial score (nSPS) is 10.5. The van der Waals surface area contributed by atoms with Crippen LogP contribution in [0, 0.1) is 0 Å². The Morgan fingerprint density at radius 2 is 1.61 bits per heavy atom. The highest BCUT2D eigenvalue weighted by Crippen LogP contribution is 2.11. The first kappa shape index (κ1) is 12.6. The number of hydrogen-bond acceptors (Lipinski definition) is 1. The highest BCUT2D eigenvalue weighted by Gasteiger charge is 1.96. The van der Waals surface area contributed by atoms with Crippen molar-refractivity contribution in [3.8, 4) is 5.69 Å². The van der Waals surface area contributed by atoms with Gasteiger partial charge in [-0.1, -0.05) is 31.9 Å². The van der Waals surface area contributed by atoms with Crippen LogP contribution in [0.25, 0.3) is 5.69 Å². The fraction of sp³-hybridized carbons (Fsp3) is 0.312. The Morgan fingerprint density at radius 1 is 0.944 bits per heavy atom. The molecular weight excluding hydrogens is 222 g/mol. The van der Waals surface area contributed by atoms with E-state index in [1.54, 1.807) is 24.5 Å². The van der Waals surface area contributed by atoms with E-state index in [0.29, 0.717) is 0 Å². The van der Waals surface area contributed by atoms with Gasteiger partial charge in [0.05, 0.1) is 0 Å². The van der Waals surface area contributed by atoms with Gasteiger partial charge in [-0.3, -0.25) is 4.79 Å². The van der Waals surface area contributed by atoms with Crippen LogP contribution in [0.15, 0.2) is 53.6 Å². The van der Waals surface area contributed by atoms with E-state index in [2.05, 4.69) is 31.2 Å². The SMILES string of the molecule is CCCCCc1ccc(-n2ccc(=O)cc2)cc1. The molecule has 0 aliphatic heterocycles. The first-order chi connectivity index (χ1) is 8.79. The molecule has 1 aromatic heterocycles. The van der Waals surface area contributed by atoms with Gasteiger partial charge in [0.2, 0.25) is 0 Å². The summed E-state index contributed by atoms with van der Waals surface area (Å²) < 4.78 is 1.96. The molecule has 0 spiro atoms. The maximum Gasteiger partial charge on any atom is 0.181 e. The predicted octanol–water partition coefficient (Wildman–Crippen LogP) is 3.57. The summed E-state index contributed by atoms with van der Waals surface area (Å²) in [4.78, 5) is 11.0. The number of aryl methyl sites for hydroxylation is 1. The molecule has 18 heavy (non-hydrogen) atoms. The molecule has 0 amide bonds. The van der Waals surface area contributed by atoms with E-state index in [9.17, 15) is 4.79 Å². The van der Waals surface area contributed by atoms with Gasteiger partial charge in [0, 0.05) is 30.2 Å². The van der Waals surface area contributed by atoms with Crippen molar-refractivity contribution in [2.75, 3.05) is 0 Å². The third kappa shape index (κ3) is 3.33. The molecule has 0 N–H and O–H groups in total. The van der Waals surface area contributed by atoms with E-state index in [0.717, 1.165) is 12.1 Å². The minimum absolute atomic E-state index is 0.0439. The molecule has 94 valence electrons. The topological polar surface area (TPSA) is 22.0 Å². The average Bonchev–Trinajstić information content (AvgIpc) is 2.41. The lowest BCUT2D eigenvalue weighted by molar-refractivity contribution is 0.717. The fourth-order valence-corrected chi connectivity index (χ4v) is 2.00. The first-order valence-electron chi connectivity index (χ1n) is 6.57. The van der Waals surface area contributed by atoms with Crippen LogP contribution in [0.3, 0.4) is 0 Å². The minimum atomic E-state index is 0.0439. The van der Waals surface area contributed by atoms with E-state index < -0.39 is 0 Å². The lowest BCUT2D eigenvalue weighted by Crippen LogP contribution is -2.01. The summed E-state index contributed by atoms with van der Waals surface area (Å²) in [6, 6.07) is 11.7. The highest BCUT2D eigenvalue weighted by molar-refractivity contribution is 5.35. The maximum atomic E-state index is 11.0. The third-order valence-corrected chi connectivity index (χ3v) is 3.10. The molecule has 2 heteroatoms. The van der Waals surface area contributed by atoms with Gasteiger partial charge in [-0.05, 0) is 30.5 Å². The van der Waals surface area contributed by atoms with Gasteiger partial charge < -0.3 is 4.57 Å². The lowest BCUT2D eigenvalue weighted by atomic mass is 10.1. The Morgan fingerprint density at radius 3 is 2.22 bits per heavy atom. The zero-order chi connectivity index (χ0) is 12.8. The third-order valence-electron chi connectivity index (χ3n) is 3.10. The van der Waals surface area contributed by atoms with E-state index in [1.807, 2.05) is 4.57 Å². The van der Waals surface area contributed by atoms with Crippen LogP contribution in [0.5, 0.6) is 0 Å². The van der Waals surface area contributed by atoms with Gasteiger partial charge in [0.1, 0.15) is 0 Å². The van der Waals surface area contributed by atoms with Crippen molar-refractivity contribution in [1.29, 1.82) is 0 Å². The van der Waals surface area contributed by atoms with Gasteiger partial charge in [-0.2, -0.15) is 0 Å². The molecule has 0 fully saturated rings. The van der Waals surface area contributed by atoms with Crippen molar-refractivity contribution in [3.05, 3.63) is 64.6 Å². The van der Waals surface area contributed by atoms with Crippen LogP contribution in [-0.4, -0.2) is 4.57 Å². The summed E-state index contributed by atoms with van der Waals surface area (Å²) >= 11 is 0. The largest absolute Gasteiger partial charge is 0.324 e. The summed E-state index contributed by atoms with van der Waals surface area (Å²) in [6.07, 6.45) is 8.56. The van der Waals surface area contributed by atoms with Crippen molar-refractivity contribution in [1.82, 2.24) is 4.57 Å². The smallest absolute Gasteiger partial charge is 0.181 e. The van der Waals surface area contributed by atoms with Crippen molar-refractivity contribution in [3.63, 3.8) is 0 Å². The molecule has 0 radical (unpaired) electrons. The number of benzene rings is 1. The highest BCUT2D eigenvalue weighted by atomic mass is 16.1. The number of hydrogen-bond donors (Lipinski definition) is 0. The molecule has 0 aliphatic rings. The second-order valence-electron chi connectivity index (χ2n) is 4.56. The van der Waals surface area contributed by atoms with Crippen molar-refractivity contribution < 1.29 is 0 Å². The van der Waals surface area contributed by atoms with Gasteiger partial charge in [0.15, 0.2) is 5.43 Å². The molecule has 0 unspecified atom stereocenters. The fourth-order valence-electron chi connectivity index (χ4n) is 2.00. The summed E-state index contributed by atoms with van der Waals surface area (Å²) in [6.45, 7) is 2.22. The van der Waals surface area contributed by atoms with Crippen LogP contribution in [-0.2, 0) is 6.42 Å². The van der Waals surface area contributed by atoms with Crippen molar-refractivity contribution in [2.45, 2.75) is 32.6 Å². The van der Waals surface area contributed by atoms with Crippen LogP contribution in [0.4, 0.5) is 0 Å². The Bertz CT molecular complexity index is 519. The van der Waals surface area contributed by atoms with Crippen molar-refractivity contribution >= 4 is 0 Å². The lowest BCUT2D eigenvalue weighted by Gasteiger charge is -2.07. The molecule has 2 nitrogen and oxygen atoms in total. The van der Waals surface area contributed by atoms with Gasteiger partial charge in [0.25, 0.3) is 0 Å². The van der Waals surface area contributed by atoms with Crippen LogP contribution < -0.4 is 5.43 Å². The summed E-state index contributed by atoms with van der Waals surface area (Å²) in [7, 11) is 0. The predicted molar refractivity (Wildman–Crippen MR) is 75.3 cm³/mol. The number of unbranched alkanes of at least 4 members (excludes halogenated alkanes) is 2. The number of pyridine rings is 1. The molecule has 2 rings (SSSR count). The monoisotopic (exact) mass is 241 g/mol. The summed E-state index contributed by atoms with van der Waals surface area (Å²) in [5.41, 5.74) is 2.52. The Hall–Kier alpha value is -1.83. The molecule has 0 saturated carbocycles. The molecule has 2 aromatic rings. The zero-order valence-electron chi connectivity index (χ0n) is 10.8. The first-order valence-corrected chi connectivity index (χ1v) is 6.57. The molecule has 0 atom stereocenters. The van der Waals surface area contributed by atoms with Crippen LogP contribution >= 0.6 is 0 Å². The molecule has 0 aliphatic carbocycles. The average molecular weight is 241 g/mol. The van der Waals surface area contributed by atoms with E-state index >= 15 is 0 Å². The number of aromatic nitrogens is 1. The molecular formula is C16H19NO. The number of nitrogens with zero attached hydrogens (tertiary/aromatic N) is 1.